The molecule has 1 aromatic rings. The lowest BCUT2D eigenvalue weighted by Crippen LogP contribution is -2.14. The number of nitrogens with one attached hydrogen (secondary N) is 1. The molecular weight excluding hydrogens is 180 g/mol. The van der Waals surface area contributed by atoms with Crippen LogP contribution in [0.25, 0.3) is 0 Å². The molecule has 1 N–H and O–H groups in total. The Morgan fingerprint density at radius 3 is 3.00 bits per heavy atom. The molecule has 13 heavy (non-hydrogen) atoms. The molecular formula is C10H16N2S. The summed E-state index contributed by atoms with van der Waals surface area (Å²) in [4.78, 5) is 5.57. The fourth-order valence-electron chi connectivity index (χ4n) is 1.25. The van der Waals surface area contributed by atoms with Crippen LogP contribution in [0.4, 0.5) is 0 Å². The zero-order valence-corrected chi connectivity index (χ0v) is 9.03. The zero-order valence-electron chi connectivity index (χ0n) is 8.21. The summed E-state index contributed by atoms with van der Waals surface area (Å²) in [5.41, 5.74) is 0. The molecule has 0 amide bonds. The van der Waals surface area contributed by atoms with Gasteiger partial charge >= 0.3 is 0 Å². The Morgan fingerprint density at radius 1 is 1.77 bits per heavy atom. The molecule has 0 aliphatic heterocycles. The first-order chi connectivity index (χ1) is 6.27. The first kappa shape index (κ1) is 10.4. The molecule has 1 unspecified atom stereocenters. The van der Waals surface area contributed by atoms with Gasteiger partial charge in [-0.05, 0) is 26.8 Å². The minimum Gasteiger partial charge on any atom is -0.312 e. The molecule has 72 valence electrons. The lowest BCUT2D eigenvalue weighted by molar-refractivity contribution is 0.563. The monoisotopic (exact) mass is 196 g/mol. The Hall–Kier alpha value is -0.670. The summed E-state index contributed by atoms with van der Waals surface area (Å²) in [6.45, 7) is 5.76. The van der Waals surface area contributed by atoms with Crippen molar-refractivity contribution in [2.75, 3.05) is 7.05 Å². The second-order valence-electron chi connectivity index (χ2n) is 2.99. The molecule has 0 aliphatic rings. The van der Waals surface area contributed by atoms with Crippen molar-refractivity contribution in [3.63, 3.8) is 0 Å². The molecule has 0 saturated heterocycles. The summed E-state index contributed by atoms with van der Waals surface area (Å²) < 4.78 is 0. The Kier molecular flexibility index (Phi) is 4.12. The van der Waals surface area contributed by atoms with Gasteiger partial charge in [-0.3, -0.25) is 0 Å². The van der Waals surface area contributed by atoms with Gasteiger partial charge in [0.2, 0.25) is 0 Å². The minimum absolute atomic E-state index is 0.434. The van der Waals surface area contributed by atoms with Crippen molar-refractivity contribution in [3.05, 3.63) is 28.7 Å². The Bertz CT molecular complexity index is 268. The third kappa shape index (κ3) is 2.94. The number of hydrogen-bond acceptors (Lipinski definition) is 3. The molecule has 0 aliphatic carbocycles. The van der Waals surface area contributed by atoms with Crippen molar-refractivity contribution in [1.29, 1.82) is 0 Å². The van der Waals surface area contributed by atoms with Crippen LogP contribution in [-0.4, -0.2) is 12.0 Å². The Morgan fingerprint density at radius 2 is 2.54 bits per heavy atom. The molecule has 2 nitrogen and oxygen atoms in total. The van der Waals surface area contributed by atoms with Crippen LogP contribution in [0.2, 0.25) is 0 Å². The van der Waals surface area contributed by atoms with Gasteiger partial charge in [-0.25, -0.2) is 4.98 Å². The summed E-state index contributed by atoms with van der Waals surface area (Å²) in [5.74, 6) is 0. The summed E-state index contributed by atoms with van der Waals surface area (Å²) in [6, 6.07) is 0.434. The smallest absolute Gasteiger partial charge is 0.0897 e. The average molecular weight is 196 g/mol. The minimum atomic E-state index is 0.434. The van der Waals surface area contributed by atoms with E-state index in [2.05, 4.69) is 16.9 Å². The van der Waals surface area contributed by atoms with E-state index in [1.165, 1.54) is 4.88 Å². The maximum atomic E-state index is 4.25. The number of aryl methyl sites for hydroxylation is 1. The van der Waals surface area contributed by atoms with Gasteiger partial charge in [-0.2, -0.15) is 0 Å². The molecule has 0 bridgehead atoms. The van der Waals surface area contributed by atoms with Crippen molar-refractivity contribution in [2.45, 2.75) is 25.8 Å². The van der Waals surface area contributed by atoms with Gasteiger partial charge in [-0.15, -0.1) is 17.9 Å². The van der Waals surface area contributed by atoms with Crippen LogP contribution in [0.3, 0.4) is 0 Å². The van der Waals surface area contributed by atoms with E-state index in [9.17, 15) is 0 Å². The van der Waals surface area contributed by atoms with Gasteiger partial charge in [-0.1, -0.05) is 6.08 Å². The van der Waals surface area contributed by atoms with Crippen LogP contribution >= 0.6 is 11.3 Å². The SMILES string of the molecule is C=CCCC(NC)c1cnc(C)s1. The summed E-state index contributed by atoms with van der Waals surface area (Å²) in [6.07, 6.45) is 6.06. The lowest BCUT2D eigenvalue weighted by Gasteiger charge is -2.11. The standard InChI is InChI=1S/C10H16N2S/c1-4-5-6-9(11-3)10-7-12-8(2)13-10/h4,7,9,11H,1,5-6H2,2-3H3. The van der Waals surface area contributed by atoms with E-state index in [0.29, 0.717) is 6.04 Å². The van der Waals surface area contributed by atoms with Gasteiger partial charge in [0, 0.05) is 17.1 Å². The van der Waals surface area contributed by atoms with E-state index in [-0.39, 0.29) is 0 Å². The quantitative estimate of drug-likeness (QED) is 0.732. The van der Waals surface area contributed by atoms with Gasteiger partial charge in [0.25, 0.3) is 0 Å². The van der Waals surface area contributed by atoms with Crippen LogP contribution in [0, 0.1) is 6.92 Å². The molecule has 0 spiro atoms. The Balaban J connectivity index is 2.60. The van der Waals surface area contributed by atoms with E-state index in [1.54, 1.807) is 11.3 Å². The molecule has 0 radical (unpaired) electrons. The van der Waals surface area contributed by atoms with Gasteiger partial charge in [0.1, 0.15) is 0 Å². The molecule has 1 aromatic heterocycles. The van der Waals surface area contributed by atoms with Crippen molar-refractivity contribution < 1.29 is 0 Å². The highest BCUT2D eigenvalue weighted by atomic mass is 32.1. The first-order valence-electron chi connectivity index (χ1n) is 4.48. The van der Waals surface area contributed by atoms with Crippen LogP contribution in [0.1, 0.15) is 28.8 Å². The second kappa shape index (κ2) is 5.14. The van der Waals surface area contributed by atoms with E-state index in [1.807, 2.05) is 26.2 Å². The fourth-order valence-corrected chi connectivity index (χ4v) is 2.18. The van der Waals surface area contributed by atoms with Crippen molar-refractivity contribution in [1.82, 2.24) is 10.3 Å². The third-order valence-corrected chi connectivity index (χ3v) is 3.02. The van der Waals surface area contributed by atoms with Gasteiger partial charge in [0.05, 0.1) is 5.01 Å². The highest BCUT2D eigenvalue weighted by Crippen LogP contribution is 2.23. The first-order valence-corrected chi connectivity index (χ1v) is 5.30. The van der Waals surface area contributed by atoms with Crippen LogP contribution in [-0.2, 0) is 0 Å². The predicted molar refractivity (Wildman–Crippen MR) is 58.1 cm³/mol. The molecule has 1 heterocycles. The number of rotatable bonds is 5. The second-order valence-corrected chi connectivity index (χ2v) is 4.26. The molecule has 0 fully saturated rings. The zero-order chi connectivity index (χ0) is 9.68. The maximum absolute atomic E-state index is 4.25. The normalized spacial score (nSPS) is 12.8. The number of aromatic nitrogens is 1. The summed E-state index contributed by atoms with van der Waals surface area (Å²) >= 11 is 1.76. The largest absolute Gasteiger partial charge is 0.312 e. The lowest BCUT2D eigenvalue weighted by atomic mass is 10.1. The van der Waals surface area contributed by atoms with Crippen molar-refractivity contribution in [2.24, 2.45) is 0 Å². The average Bonchev–Trinajstić information content (AvgIpc) is 2.54. The van der Waals surface area contributed by atoms with Crippen LogP contribution < -0.4 is 5.32 Å². The van der Waals surface area contributed by atoms with Crippen molar-refractivity contribution in [3.8, 4) is 0 Å². The van der Waals surface area contributed by atoms with E-state index >= 15 is 0 Å². The number of hydrogen-bond donors (Lipinski definition) is 1. The molecule has 1 atom stereocenters. The Labute approximate surface area is 83.7 Å². The van der Waals surface area contributed by atoms with Gasteiger partial charge in [0.15, 0.2) is 0 Å². The van der Waals surface area contributed by atoms with Crippen molar-refractivity contribution >= 4 is 11.3 Å². The topological polar surface area (TPSA) is 24.9 Å². The third-order valence-electron chi connectivity index (χ3n) is 1.99. The molecule has 0 aromatic carbocycles. The number of nitrogens with zero attached hydrogens (tertiary/aromatic N) is 1. The van der Waals surface area contributed by atoms with Gasteiger partial charge < -0.3 is 5.32 Å². The van der Waals surface area contributed by atoms with E-state index in [0.717, 1.165) is 17.8 Å². The molecule has 1 rings (SSSR count). The number of thiazole rings is 1. The summed E-state index contributed by atoms with van der Waals surface area (Å²) in [7, 11) is 1.99. The predicted octanol–water partition coefficient (Wildman–Crippen LogP) is 2.68. The maximum Gasteiger partial charge on any atom is 0.0897 e. The highest BCUT2D eigenvalue weighted by molar-refractivity contribution is 7.11. The highest BCUT2D eigenvalue weighted by Gasteiger charge is 2.10. The van der Waals surface area contributed by atoms with Crippen LogP contribution in [0.15, 0.2) is 18.9 Å². The van der Waals surface area contributed by atoms with E-state index in [4.69, 9.17) is 0 Å². The van der Waals surface area contributed by atoms with E-state index < -0.39 is 0 Å². The fraction of sp³-hybridized carbons (Fsp3) is 0.500. The summed E-state index contributed by atoms with van der Waals surface area (Å²) in [5, 5.41) is 4.42. The molecule has 0 saturated carbocycles. The molecule has 3 heteroatoms. The number of allylic oxidation sites excluding steroid dienone is 1. The van der Waals surface area contributed by atoms with Crippen LogP contribution in [0.5, 0.6) is 0 Å².